The Hall–Kier alpha value is -0.610. The molecule has 0 radical (unpaired) electrons. The van der Waals surface area contributed by atoms with Crippen LogP contribution in [0.5, 0.6) is 0 Å². The summed E-state index contributed by atoms with van der Waals surface area (Å²) in [5.74, 6) is 0. The maximum atomic E-state index is 6.01. The van der Waals surface area contributed by atoms with Gasteiger partial charge < -0.3 is 0 Å². The zero-order valence-corrected chi connectivity index (χ0v) is 12.5. The Morgan fingerprint density at radius 3 is 2.71 bits per heavy atom. The fourth-order valence-corrected chi connectivity index (χ4v) is 2.59. The minimum atomic E-state index is 0.809. The SMILES string of the molecule is Cc1ncccc1CCc1cc(Cl)ccc1I. The maximum Gasteiger partial charge on any atom is 0.0409 e. The largest absolute Gasteiger partial charge is 0.261 e. The van der Waals surface area contributed by atoms with E-state index >= 15 is 0 Å². The Morgan fingerprint density at radius 1 is 1.18 bits per heavy atom. The van der Waals surface area contributed by atoms with Crippen molar-refractivity contribution in [3.05, 3.63) is 61.9 Å². The lowest BCUT2D eigenvalue weighted by molar-refractivity contribution is 0.926. The van der Waals surface area contributed by atoms with Gasteiger partial charge >= 0.3 is 0 Å². The molecule has 0 aliphatic heterocycles. The Kier molecular flexibility index (Phi) is 4.40. The van der Waals surface area contributed by atoms with Crippen molar-refractivity contribution in [2.45, 2.75) is 19.8 Å². The van der Waals surface area contributed by atoms with Gasteiger partial charge in [0.15, 0.2) is 0 Å². The van der Waals surface area contributed by atoms with E-state index in [-0.39, 0.29) is 0 Å². The topological polar surface area (TPSA) is 12.9 Å². The van der Waals surface area contributed by atoms with Crippen molar-refractivity contribution in [2.24, 2.45) is 0 Å². The zero-order valence-electron chi connectivity index (χ0n) is 9.58. The second-order valence-electron chi connectivity index (χ2n) is 3.98. The van der Waals surface area contributed by atoms with Gasteiger partial charge in [0.05, 0.1) is 0 Å². The molecule has 2 rings (SSSR count). The fourth-order valence-electron chi connectivity index (χ4n) is 1.79. The number of hydrogen-bond acceptors (Lipinski definition) is 1. The van der Waals surface area contributed by atoms with Crippen molar-refractivity contribution in [2.75, 3.05) is 0 Å². The highest BCUT2D eigenvalue weighted by atomic mass is 127. The number of nitrogens with zero attached hydrogens (tertiary/aromatic N) is 1. The lowest BCUT2D eigenvalue weighted by atomic mass is 10.0. The van der Waals surface area contributed by atoms with Gasteiger partial charge in [-0.1, -0.05) is 17.7 Å². The highest BCUT2D eigenvalue weighted by molar-refractivity contribution is 14.1. The summed E-state index contributed by atoms with van der Waals surface area (Å²) in [5.41, 5.74) is 3.73. The molecule has 3 heteroatoms. The molecule has 0 N–H and O–H groups in total. The number of pyridine rings is 1. The van der Waals surface area contributed by atoms with Crippen molar-refractivity contribution in [1.82, 2.24) is 4.98 Å². The Bertz CT molecular complexity index is 525. The van der Waals surface area contributed by atoms with Crippen molar-refractivity contribution < 1.29 is 0 Å². The molecule has 1 nitrogen and oxygen atoms in total. The van der Waals surface area contributed by atoms with Gasteiger partial charge in [-0.2, -0.15) is 0 Å². The van der Waals surface area contributed by atoms with Crippen LogP contribution in [0.1, 0.15) is 16.8 Å². The van der Waals surface area contributed by atoms with Crippen molar-refractivity contribution >= 4 is 34.2 Å². The quantitative estimate of drug-likeness (QED) is 0.740. The number of aromatic nitrogens is 1. The third-order valence-corrected chi connectivity index (χ3v) is 4.08. The van der Waals surface area contributed by atoms with Crippen LogP contribution in [-0.2, 0) is 12.8 Å². The van der Waals surface area contributed by atoms with Crippen LogP contribution in [0.4, 0.5) is 0 Å². The van der Waals surface area contributed by atoms with Crippen molar-refractivity contribution in [3.63, 3.8) is 0 Å². The molecule has 0 spiro atoms. The van der Waals surface area contributed by atoms with Gasteiger partial charge in [0, 0.05) is 20.5 Å². The number of benzene rings is 1. The molecule has 0 atom stereocenters. The minimum absolute atomic E-state index is 0.809. The summed E-state index contributed by atoms with van der Waals surface area (Å²) < 4.78 is 1.27. The molecule has 0 unspecified atom stereocenters. The summed E-state index contributed by atoms with van der Waals surface area (Å²) in [6.07, 6.45) is 3.85. The first-order valence-corrected chi connectivity index (χ1v) is 6.97. The zero-order chi connectivity index (χ0) is 12.3. The summed E-state index contributed by atoms with van der Waals surface area (Å²) in [7, 11) is 0. The lowest BCUT2D eigenvalue weighted by Gasteiger charge is -2.07. The van der Waals surface area contributed by atoms with Gasteiger partial charge in [0.2, 0.25) is 0 Å². The van der Waals surface area contributed by atoms with E-state index in [0.717, 1.165) is 23.6 Å². The molecule has 17 heavy (non-hydrogen) atoms. The third-order valence-electron chi connectivity index (χ3n) is 2.79. The predicted octanol–water partition coefficient (Wildman–Crippen LogP) is 4.43. The second-order valence-corrected chi connectivity index (χ2v) is 5.58. The first kappa shape index (κ1) is 12.8. The molecule has 88 valence electrons. The van der Waals surface area contributed by atoms with E-state index in [2.05, 4.69) is 52.7 Å². The molecule has 0 aliphatic carbocycles. The molecule has 0 amide bonds. The van der Waals surface area contributed by atoms with E-state index in [1.807, 2.05) is 18.3 Å². The predicted molar refractivity (Wildman–Crippen MR) is 80.6 cm³/mol. The van der Waals surface area contributed by atoms with Crippen molar-refractivity contribution in [3.8, 4) is 0 Å². The molecule has 0 fully saturated rings. The van der Waals surface area contributed by atoms with Gasteiger partial charge in [-0.15, -0.1) is 0 Å². The van der Waals surface area contributed by atoms with Crippen LogP contribution in [0, 0.1) is 10.5 Å². The summed E-state index contributed by atoms with van der Waals surface area (Å²) in [6, 6.07) is 10.2. The van der Waals surface area contributed by atoms with Gasteiger partial charge in [-0.05, 0) is 77.7 Å². The highest BCUT2D eigenvalue weighted by Gasteiger charge is 2.03. The average molecular weight is 358 g/mol. The molecule has 1 aromatic heterocycles. The average Bonchev–Trinajstić information content (AvgIpc) is 2.32. The number of hydrogen-bond donors (Lipinski definition) is 0. The molecule has 1 aromatic carbocycles. The lowest BCUT2D eigenvalue weighted by Crippen LogP contribution is -1.97. The molecule has 0 aliphatic rings. The first-order valence-electron chi connectivity index (χ1n) is 5.51. The van der Waals surface area contributed by atoms with E-state index < -0.39 is 0 Å². The summed E-state index contributed by atoms with van der Waals surface area (Å²) in [6.45, 7) is 2.05. The van der Waals surface area contributed by atoms with Crippen LogP contribution < -0.4 is 0 Å². The summed E-state index contributed by atoms with van der Waals surface area (Å²) in [5, 5.41) is 0.809. The number of aryl methyl sites for hydroxylation is 3. The molecule has 0 saturated carbocycles. The Morgan fingerprint density at radius 2 is 1.94 bits per heavy atom. The van der Waals surface area contributed by atoms with E-state index in [1.54, 1.807) is 0 Å². The second kappa shape index (κ2) is 5.83. The fraction of sp³-hybridized carbons (Fsp3) is 0.214. The number of rotatable bonds is 3. The molecule has 2 aromatic rings. The summed E-state index contributed by atoms with van der Waals surface area (Å²) >= 11 is 8.37. The molecule has 0 saturated heterocycles. The maximum absolute atomic E-state index is 6.01. The van der Waals surface area contributed by atoms with Crippen LogP contribution in [0.15, 0.2) is 36.5 Å². The van der Waals surface area contributed by atoms with Gasteiger partial charge in [-0.3, -0.25) is 4.98 Å². The highest BCUT2D eigenvalue weighted by Crippen LogP contribution is 2.20. The van der Waals surface area contributed by atoms with Crippen molar-refractivity contribution in [1.29, 1.82) is 0 Å². The molecular formula is C14H13ClIN. The van der Waals surface area contributed by atoms with Crippen LogP contribution >= 0.6 is 34.2 Å². The van der Waals surface area contributed by atoms with E-state index in [1.165, 1.54) is 14.7 Å². The molecule has 1 heterocycles. The van der Waals surface area contributed by atoms with E-state index in [0.29, 0.717) is 0 Å². The van der Waals surface area contributed by atoms with E-state index in [9.17, 15) is 0 Å². The van der Waals surface area contributed by atoms with Crippen LogP contribution in [-0.4, -0.2) is 4.98 Å². The summed E-state index contributed by atoms with van der Waals surface area (Å²) in [4.78, 5) is 4.30. The van der Waals surface area contributed by atoms with Gasteiger partial charge in [-0.25, -0.2) is 0 Å². The Labute approximate surface area is 120 Å². The standard InChI is InChI=1S/C14H13ClIN/c1-10-11(3-2-8-17-10)4-5-12-9-13(15)6-7-14(12)16/h2-3,6-9H,4-5H2,1H3. The van der Waals surface area contributed by atoms with Crippen LogP contribution in [0.3, 0.4) is 0 Å². The van der Waals surface area contributed by atoms with Crippen LogP contribution in [0.2, 0.25) is 5.02 Å². The first-order chi connectivity index (χ1) is 8.16. The van der Waals surface area contributed by atoms with Crippen LogP contribution in [0.25, 0.3) is 0 Å². The molecule has 0 bridgehead atoms. The Balaban J connectivity index is 2.12. The third kappa shape index (κ3) is 3.42. The number of halogens is 2. The normalized spacial score (nSPS) is 10.5. The monoisotopic (exact) mass is 357 g/mol. The molecular weight excluding hydrogens is 345 g/mol. The minimum Gasteiger partial charge on any atom is -0.261 e. The van der Waals surface area contributed by atoms with Gasteiger partial charge in [0.1, 0.15) is 0 Å². The van der Waals surface area contributed by atoms with Gasteiger partial charge in [0.25, 0.3) is 0 Å². The smallest absolute Gasteiger partial charge is 0.0409 e. The van der Waals surface area contributed by atoms with E-state index in [4.69, 9.17) is 11.6 Å².